The number of carboxylic acids is 1. The van der Waals surface area contributed by atoms with Crippen LogP contribution in [-0.2, 0) is 38.8 Å². The SMILES string of the molecule is Nc1nc2ncc(CNc3ccc(C(=O)N[C@@H](CCC(=O)NCCNC(=O)CCSSCCC(=O)NCCCNC(=O)c4ccc(CN(Cc5ccccn5)C(c5ccccn5)c5ccccn5)nc4)C(=O)O)cc3)nc2c(=O)[nH]1. The van der Waals surface area contributed by atoms with Gasteiger partial charge in [0.1, 0.15) is 6.04 Å². The summed E-state index contributed by atoms with van der Waals surface area (Å²) in [6.45, 7) is 2.17. The number of aromatic nitrogens is 8. The van der Waals surface area contributed by atoms with E-state index in [0.717, 1.165) is 22.8 Å². The van der Waals surface area contributed by atoms with Crippen LogP contribution in [0.15, 0.2) is 127 Å². The lowest BCUT2D eigenvalue weighted by molar-refractivity contribution is -0.139. The van der Waals surface area contributed by atoms with Crippen molar-refractivity contribution in [1.29, 1.82) is 0 Å². The number of nitrogens with one attached hydrogen (secondary N) is 7. The molecule has 1 aromatic carbocycles. The standard InChI is InChI=1S/C54H60N16O8S2/c55-54-68-49-47(52(76)69-54)66-40(32-65-49)31-64-37-14-11-35(12-15-37)51(75)67-43(53(77)78)17-18-44(71)60-26-27-61-46(73)20-29-80-79-28-19-45(72)59-24-7-25-62-50(74)36-13-16-39(63-30-36)34-70(33-38-8-1-4-21-56-38)48(41-9-2-5-22-57-41)42-10-3-6-23-58-42/h1-6,8-16,21-23,30,32,43,48,64H,7,17-20,24-29,31,33-34H2,(H,59,72)(H,60,71)(H,61,73)(H,62,74)(H,67,75)(H,77,78)(H3,55,65,68,69,76)/t43-/m0/s1. The highest BCUT2D eigenvalue weighted by Crippen LogP contribution is 2.29. The van der Waals surface area contributed by atoms with Crippen LogP contribution < -0.4 is 43.2 Å². The molecule has 0 saturated heterocycles. The number of rotatable bonds is 31. The lowest BCUT2D eigenvalue weighted by Gasteiger charge is -2.30. The Morgan fingerprint density at radius 2 is 1.21 bits per heavy atom. The molecule has 26 heteroatoms. The smallest absolute Gasteiger partial charge is 0.326 e. The van der Waals surface area contributed by atoms with Gasteiger partial charge in [-0.1, -0.05) is 39.8 Å². The highest BCUT2D eigenvalue weighted by atomic mass is 33.1. The van der Waals surface area contributed by atoms with Crippen molar-refractivity contribution in [3.05, 3.63) is 172 Å². The molecule has 5 amide bonds. The summed E-state index contributed by atoms with van der Waals surface area (Å²) in [5.74, 6) is -2.00. The summed E-state index contributed by atoms with van der Waals surface area (Å²) in [5.41, 5.74) is 10.2. The average Bonchev–Trinajstić information content (AvgIpc) is 3.48. The van der Waals surface area contributed by atoms with E-state index in [9.17, 15) is 38.7 Å². The number of pyridine rings is 4. The summed E-state index contributed by atoms with van der Waals surface area (Å²) in [5, 5.41) is 26.4. The highest BCUT2D eigenvalue weighted by molar-refractivity contribution is 8.76. The summed E-state index contributed by atoms with van der Waals surface area (Å²) >= 11 is 0. The largest absolute Gasteiger partial charge is 0.480 e. The Morgan fingerprint density at radius 3 is 1.81 bits per heavy atom. The summed E-state index contributed by atoms with van der Waals surface area (Å²) in [6.07, 6.45) is 9.01. The Kier molecular flexibility index (Phi) is 22.7. The van der Waals surface area contributed by atoms with Crippen molar-refractivity contribution in [3.63, 3.8) is 0 Å². The molecule has 80 heavy (non-hydrogen) atoms. The monoisotopic (exact) mass is 1120 g/mol. The molecule has 6 heterocycles. The van der Waals surface area contributed by atoms with E-state index in [1.54, 1.807) is 43.0 Å². The number of benzene rings is 1. The molecule has 0 bridgehead atoms. The van der Waals surface area contributed by atoms with Crippen LogP contribution in [0.5, 0.6) is 0 Å². The molecule has 6 aromatic heterocycles. The van der Waals surface area contributed by atoms with Gasteiger partial charge in [0.15, 0.2) is 11.2 Å². The zero-order valence-corrected chi connectivity index (χ0v) is 45.0. The number of hydrogen-bond donors (Lipinski definition) is 9. The first-order chi connectivity index (χ1) is 38.9. The predicted molar refractivity (Wildman–Crippen MR) is 302 cm³/mol. The first-order valence-corrected chi connectivity index (χ1v) is 28.0. The van der Waals surface area contributed by atoms with Crippen molar-refractivity contribution >= 4 is 79.9 Å². The zero-order chi connectivity index (χ0) is 56.5. The van der Waals surface area contributed by atoms with E-state index in [4.69, 9.17) is 5.73 Å². The number of nitrogens with two attached hydrogens (primary N) is 1. The van der Waals surface area contributed by atoms with E-state index in [0.29, 0.717) is 61.1 Å². The van der Waals surface area contributed by atoms with Gasteiger partial charge in [-0.3, -0.25) is 58.6 Å². The number of carbonyl (C=O) groups excluding carboxylic acids is 5. The molecular weight excluding hydrogens is 1060 g/mol. The maximum absolute atomic E-state index is 13.0. The molecule has 24 nitrogen and oxygen atoms in total. The van der Waals surface area contributed by atoms with Crippen molar-refractivity contribution in [2.75, 3.05) is 48.7 Å². The number of carboxylic acid groups (broad SMARTS) is 1. The summed E-state index contributed by atoms with van der Waals surface area (Å²) in [7, 11) is 2.94. The van der Waals surface area contributed by atoms with Gasteiger partial charge in [0, 0.05) is 106 Å². The Morgan fingerprint density at radius 1 is 0.613 bits per heavy atom. The second-order valence-electron chi connectivity index (χ2n) is 17.8. The van der Waals surface area contributed by atoms with Crippen LogP contribution in [0.3, 0.4) is 0 Å². The number of amides is 5. The summed E-state index contributed by atoms with van der Waals surface area (Å²) in [4.78, 5) is 123. The van der Waals surface area contributed by atoms with E-state index >= 15 is 0 Å². The fourth-order valence-corrected chi connectivity index (χ4v) is 9.82. The molecule has 0 aliphatic heterocycles. The number of aromatic amines is 1. The van der Waals surface area contributed by atoms with Gasteiger partial charge in [0.25, 0.3) is 17.4 Å². The molecule has 0 aliphatic carbocycles. The lowest BCUT2D eigenvalue weighted by atomic mass is 10.1. The molecule has 0 radical (unpaired) electrons. The van der Waals surface area contributed by atoms with E-state index in [2.05, 4.69) is 76.7 Å². The molecule has 1 atom stereocenters. The van der Waals surface area contributed by atoms with Crippen molar-refractivity contribution < 1.29 is 33.9 Å². The molecule has 0 spiro atoms. The van der Waals surface area contributed by atoms with Crippen LogP contribution in [0.4, 0.5) is 11.6 Å². The maximum Gasteiger partial charge on any atom is 0.326 e. The molecule has 0 fully saturated rings. The third-order valence-electron chi connectivity index (χ3n) is 11.9. The second kappa shape index (κ2) is 30.9. The van der Waals surface area contributed by atoms with Crippen LogP contribution in [0.2, 0.25) is 0 Å². The molecule has 7 rings (SSSR count). The number of carbonyl (C=O) groups is 6. The van der Waals surface area contributed by atoms with Gasteiger partial charge in [-0.05, 0) is 85.6 Å². The van der Waals surface area contributed by atoms with Crippen LogP contribution in [-0.4, -0.2) is 129 Å². The number of anilines is 2. The maximum atomic E-state index is 13.0. The van der Waals surface area contributed by atoms with Gasteiger partial charge in [-0.2, -0.15) is 4.98 Å². The van der Waals surface area contributed by atoms with Crippen molar-refractivity contribution in [3.8, 4) is 0 Å². The van der Waals surface area contributed by atoms with Gasteiger partial charge in [0.2, 0.25) is 23.7 Å². The van der Waals surface area contributed by atoms with Crippen molar-refractivity contribution in [2.45, 2.75) is 63.8 Å². The highest BCUT2D eigenvalue weighted by Gasteiger charge is 2.27. The van der Waals surface area contributed by atoms with Gasteiger partial charge < -0.3 is 42.7 Å². The number of nitrogens with zero attached hydrogens (tertiary/aromatic N) is 8. The second-order valence-corrected chi connectivity index (χ2v) is 20.5. The van der Waals surface area contributed by atoms with Gasteiger partial charge in [-0.15, -0.1) is 0 Å². The summed E-state index contributed by atoms with van der Waals surface area (Å²) < 4.78 is 0. The Labute approximate surface area is 467 Å². The fourth-order valence-electron chi connectivity index (χ4n) is 7.84. The molecular formula is C54H60N16O8S2. The van der Waals surface area contributed by atoms with Gasteiger partial charge in [-0.25, -0.2) is 14.8 Å². The first kappa shape index (κ1) is 58.8. The van der Waals surface area contributed by atoms with E-state index in [1.807, 2.05) is 60.7 Å². The van der Waals surface area contributed by atoms with Crippen LogP contribution >= 0.6 is 21.6 Å². The molecule has 0 saturated carbocycles. The fraction of sp³-hybridized carbons (Fsp3) is 0.296. The summed E-state index contributed by atoms with van der Waals surface area (Å²) in [6, 6.07) is 25.6. The number of nitrogen functional groups attached to an aromatic ring is 1. The van der Waals surface area contributed by atoms with Crippen LogP contribution in [0.1, 0.15) is 87.3 Å². The average molecular weight is 1130 g/mol. The third kappa shape index (κ3) is 18.9. The number of H-pyrrole nitrogens is 1. The van der Waals surface area contributed by atoms with E-state index < -0.39 is 29.4 Å². The first-order valence-electron chi connectivity index (χ1n) is 25.5. The quantitative estimate of drug-likeness (QED) is 0.0221. The molecule has 7 aromatic rings. The molecule has 0 aliphatic rings. The Bertz CT molecular complexity index is 3180. The van der Waals surface area contributed by atoms with E-state index in [1.165, 1.54) is 39.9 Å². The predicted octanol–water partition coefficient (Wildman–Crippen LogP) is 3.57. The normalized spacial score (nSPS) is 11.4. The minimum Gasteiger partial charge on any atom is -0.480 e. The molecule has 416 valence electrons. The minimum atomic E-state index is -1.33. The molecule has 10 N–H and O–H groups in total. The Hall–Kier alpha value is -8.88. The van der Waals surface area contributed by atoms with Crippen LogP contribution in [0, 0.1) is 0 Å². The van der Waals surface area contributed by atoms with Crippen molar-refractivity contribution in [1.82, 2.24) is 71.4 Å². The van der Waals surface area contributed by atoms with Crippen molar-refractivity contribution in [2.24, 2.45) is 0 Å². The minimum absolute atomic E-state index is 0.0391. The molecule has 0 unspecified atom stereocenters. The Balaban J connectivity index is 0.699. The van der Waals surface area contributed by atoms with Crippen LogP contribution in [0.25, 0.3) is 11.2 Å². The number of hydrogen-bond acceptors (Lipinski definition) is 19. The zero-order valence-electron chi connectivity index (χ0n) is 43.4. The lowest BCUT2D eigenvalue weighted by Crippen LogP contribution is -2.42. The number of fused-ring (bicyclic) bond motifs is 1. The van der Waals surface area contributed by atoms with E-state index in [-0.39, 0.29) is 91.8 Å². The number of aliphatic carboxylic acids is 1. The third-order valence-corrected chi connectivity index (χ3v) is 14.3. The van der Waals surface area contributed by atoms with Gasteiger partial charge in [0.05, 0.1) is 52.8 Å². The topological polar surface area (TPSA) is 347 Å². The van der Waals surface area contributed by atoms with Gasteiger partial charge >= 0.3 is 5.97 Å².